The maximum absolute atomic E-state index is 12.8. The Morgan fingerprint density at radius 1 is 1.30 bits per heavy atom. The van der Waals surface area contributed by atoms with Crippen LogP contribution in [0.2, 0.25) is 0 Å². The van der Waals surface area contributed by atoms with E-state index in [4.69, 9.17) is 0 Å². The van der Waals surface area contributed by atoms with Crippen molar-refractivity contribution in [2.45, 2.75) is 45.7 Å². The molecule has 2 amide bonds. The summed E-state index contributed by atoms with van der Waals surface area (Å²) in [7, 11) is 1.90. The van der Waals surface area contributed by atoms with Crippen molar-refractivity contribution in [2.75, 3.05) is 25.0 Å². The van der Waals surface area contributed by atoms with E-state index in [0.29, 0.717) is 6.54 Å². The lowest BCUT2D eigenvalue weighted by atomic mass is 10.1. The first-order valence-corrected chi connectivity index (χ1v) is 8.21. The van der Waals surface area contributed by atoms with Crippen molar-refractivity contribution in [3.05, 3.63) is 29.8 Å². The van der Waals surface area contributed by atoms with E-state index in [1.54, 1.807) is 0 Å². The fourth-order valence-corrected chi connectivity index (χ4v) is 2.88. The largest absolute Gasteiger partial charge is 0.347 e. The summed E-state index contributed by atoms with van der Waals surface area (Å²) in [6, 6.07) is 7.77. The lowest BCUT2D eigenvalue weighted by molar-refractivity contribution is -0.885. The van der Waals surface area contributed by atoms with E-state index in [9.17, 15) is 9.59 Å². The topological polar surface area (TPSA) is 53.9 Å². The molecule has 5 heteroatoms. The van der Waals surface area contributed by atoms with Crippen molar-refractivity contribution >= 4 is 17.5 Å². The molecule has 2 N–H and O–H groups in total. The molecule has 1 aromatic carbocycles. The molecule has 0 spiro atoms. The molecule has 0 aromatic heterocycles. The highest BCUT2D eigenvalue weighted by Gasteiger charge is 2.32. The SMILES string of the molecule is C[C@H](C(=O)N1CCc2ccccc21)[NH+](C)CC(=O)NC(C)(C)C. The van der Waals surface area contributed by atoms with Crippen LogP contribution in [-0.4, -0.2) is 43.5 Å². The minimum absolute atomic E-state index is 0.0310. The van der Waals surface area contributed by atoms with Gasteiger partial charge in [0, 0.05) is 17.8 Å². The molecule has 1 unspecified atom stereocenters. The Balaban J connectivity index is 1.99. The van der Waals surface area contributed by atoms with Crippen molar-refractivity contribution in [3.63, 3.8) is 0 Å². The second-order valence-electron chi connectivity index (χ2n) is 7.41. The number of hydrogen-bond donors (Lipinski definition) is 2. The summed E-state index contributed by atoms with van der Waals surface area (Å²) in [5.41, 5.74) is 1.98. The average Bonchev–Trinajstić information content (AvgIpc) is 2.87. The second kappa shape index (κ2) is 6.71. The molecule has 1 aliphatic heterocycles. The first-order valence-electron chi connectivity index (χ1n) is 8.21. The van der Waals surface area contributed by atoms with Crippen LogP contribution in [-0.2, 0) is 16.0 Å². The Morgan fingerprint density at radius 2 is 1.96 bits per heavy atom. The number of benzene rings is 1. The second-order valence-corrected chi connectivity index (χ2v) is 7.41. The number of carbonyl (C=O) groups is 2. The molecule has 1 heterocycles. The van der Waals surface area contributed by atoms with Gasteiger partial charge >= 0.3 is 0 Å². The van der Waals surface area contributed by atoms with Crippen LogP contribution in [0.5, 0.6) is 0 Å². The maximum Gasteiger partial charge on any atom is 0.284 e. The molecule has 2 atom stereocenters. The zero-order chi connectivity index (χ0) is 17.2. The van der Waals surface area contributed by atoms with Gasteiger partial charge in [0.25, 0.3) is 11.8 Å². The Bertz CT molecular complexity index is 592. The van der Waals surface area contributed by atoms with E-state index in [-0.39, 0.29) is 23.4 Å². The van der Waals surface area contributed by atoms with Gasteiger partial charge in [0.1, 0.15) is 0 Å². The number of quaternary nitrogens is 1. The zero-order valence-electron chi connectivity index (χ0n) is 14.8. The Kier molecular flexibility index (Phi) is 5.09. The number of hydrogen-bond acceptors (Lipinski definition) is 2. The van der Waals surface area contributed by atoms with Crippen LogP contribution in [0.3, 0.4) is 0 Å². The number of amides is 2. The lowest BCUT2D eigenvalue weighted by Gasteiger charge is -2.27. The van der Waals surface area contributed by atoms with Crippen LogP contribution < -0.4 is 15.1 Å². The average molecular weight is 318 g/mol. The molecule has 0 fully saturated rings. The van der Waals surface area contributed by atoms with Crippen molar-refractivity contribution in [3.8, 4) is 0 Å². The van der Waals surface area contributed by atoms with Crippen LogP contribution >= 0.6 is 0 Å². The summed E-state index contributed by atoms with van der Waals surface area (Å²) in [5, 5.41) is 2.94. The molecule has 0 radical (unpaired) electrons. The standard InChI is InChI=1S/C18H27N3O2/c1-13(20(5)12-16(22)19-18(2,3)4)17(23)21-11-10-14-8-6-7-9-15(14)21/h6-9,13H,10-12H2,1-5H3,(H,19,22)/p+1/t13-/m1/s1. The first-order chi connectivity index (χ1) is 10.7. The number of anilines is 1. The van der Waals surface area contributed by atoms with Gasteiger partial charge in [0.2, 0.25) is 0 Å². The molecule has 1 aromatic rings. The van der Waals surface area contributed by atoms with E-state index in [1.807, 2.05) is 57.8 Å². The van der Waals surface area contributed by atoms with E-state index < -0.39 is 0 Å². The van der Waals surface area contributed by atoms with Crippen LogP contribution in [0.25, 0.3) is 0 Å². The van der Waals surface area contributed by atoms with Gasteiger partial charge in [-0.1, -0.05) is 18.2 Å². The monoisotopic (exact) mass is 318 g/mol. The minimum atomic E-state index is -0.258. The van der Waals surface area contributed by atoms with Crippen molar-refractivity contribution < 1.29 is 14.5 Å². The predicted octanol–water partition coefficient (Wildman–Crippen LogP) is 0.394. The van der Waals surface area contributed by atoms with Gasteiger partial charge in [-0.3, -0.25) is 9.59 Å². The van der Waals surface area contributed by atoms with Gasteiger partial charge in [0.05, 0.1) is 7.05 Å². The maximum atomic E-state index is 12.8. The highest BCUT2D eigenvalue weighted by Crippen LogP contribution is 2.27. The normalized spacial score (nSPS) is 16.7. The van der Waals surface area contributed by atoms with Gasteiger partial charge in [-0.15, -0.1) is 0 Å². The number of likely N-dealkylation sites (N-methyl/N-ethyl adjacent to an activating group) is 1. The molecule has 0 bridgehead atoms. The van der Waals surface area contributed by atoms with Gasteiger partial charge < -0.3 is 15.1 Å². The number of para-hydroxylation sites is 1. The van der Waals surface area contributed by atoms with Crippen LogP contribution in [0.15, 0.2) is 24.3 Å². The van der Waals surface area contributed by atoms with Gasteiger partial charge in [-0.25, -0.2) is 0 Å². The molecule has 0 saturated heterocycles. The molecule has 1 aliphatic rings. The Labute approximate surface area is 138 Å². The van der Waals surface area contributed by atoms with Gasteiger partial charge in [-0.2, -0.15) is 0 Å². The highest BCUT2D eigenvalue weighted by atomic mass is 16.2. The molecule has 0 aliphatic carbocycles. The lowest BCUT2D eigenvalue weighted by Crippen LogP contribution is -3.15. The van der Waals surface area contributed by atoms with Crippen LogP contribution in [0.1, 0.15) is 33.3 Å². The molecule has 0 saturated carbocycles. The van der Waals surface area contributed by atoms with Crippen LogP contribution in [0.4, 0.5) is 5.69 Å². The first kappa shape index (κ1) is 17.5. The van der Waals surface area contributed by atoms with Crippen LogP contribution in [0, 0.1) is 0 Å². The third-order valence-corrected chi connectivity index (χ3v) is 4.22. The summed E-state index contributed by atoms with van der Waals surface area (Å²) < 4.78 is 0. The number of nitrogens with one attached hydrogen (secondary N) is 2. The predicted molar refractivity (Wildman–Crippen MR) is 91.6 cm³/mol. The van der Waals surface area contributed by atoms with E-state index in [1.165, 1.54) is 5.56 Å². The highest BCUT2D eigenvalue weighted by molar-refractivity contribution is 5.98. The minimum Gasteiger partial charge on any atom is -0.347 e. The summed E-state index contributed by atoms with van der Waals surface area (Å²) in [6.45, 7) is 8.77. The molecular formula is C18H28N3O2+. The molecule has 23 heavy (non-hydrogen) atoms. The number of rotatable bonds is 4. The summed E-state index contributed by atoms with van der Waals surface area (Å²) in [5.74, 6) is 0.0486. The number of fused-ring (bicyclic) bond motifs is 1. The Hall–Kier alpha value is -1.88. The molecule has 2 rings (SSSR count). The van der Waals surface area contributed by atoms with E-state index >= 15 is 0 Å². The third-order valence-electron chi connectivity index (χ3n) is 4.22. The van der Waals surface area contributed by atoms with Crippen molar-refractivity contribution in [1.29, 1.82) is 0 Å². The van der Waals surface area contributed by atoms with E-state index in [0.717, 1.165) is 23.6 Å². The fourth-order valence-electron chi connectivity index (χ4n) is 2.88. The van der Waals surface area contributed by atoms with Gasteiger partial charge in [-0.05, 0) is 45.7 Å². The fraction of sp³-hybridized carbons (Fsp3) is 0.556. The number of nitrogens with zero attached hydrogens (tertiary/aromatic N) is 1. The van der Waals surface area contributed by atoms with Crippen molar-refractivity contribution in [2.24, 2.45) is 0 Å². The smallest absolute Gasteiger partial charge is 0.284 e. The quantitative estimate of drug-likeness (QED) is 0.844. The van der Waals surface area contributed by atoms with Gasteiger partial charge in [0.15, 0.2) is 12.6 Å². The number of carbonyl (C=O) groups excluding carboxylic acids is 2. The summed E-state index contributed by atoms with van der Waals surface area (Å²) in [4.78, 5) is 27.6. The van der Waals surface area contributed by atoms with Crippen molar-refractivity contribution in [1.82, 2.24) is 5.32 Å². The third kappa shape index (κ3) is 4.32. The molecular weight excluding hydrogens is 290 g/mol. The zero-order valence-corrected chi connectivity index (χ0v) is 14.8. The Morgan fingerprint density at radius 3 is 2.61 bits per heavy atom. The van der Waals surface area contributed by atoms with E-state index in [2.05, 4.69) is 11.4 Å². The molecule has 5 nitrogen and oxygen atoms in total. The summed E-state index contributed by atoms with van der Waals surface area (Å²) >= 11 is 0. The summed E-state index contributed by atoms with van der Waals surface area (Å²) in [6.07, 6.45) is 0.901. The molecule has 126 valence electrons.